The van der Waals surface area contributed by atoms with Crippen LogP contribution in [0.2, 0.25) is 0 Å². The Hall–Kier alpha value is -1.91. The number of carbonyl (C=O) groups is 2. The van der Waals surface area contributed by atoms with Crippen molar-refractivity contribution < 1.29 is 9.59 Å². The van der Waals surface area contributed by atoms with Crippen molar-refractivity contribution in [2.45, 2.75) is 26.3 Å². The molecule has 0 aliphatic carbocycles. The molecule has 1 aliphatic heterocycles. The number of carbonyl (C=O) groups excluding carboxylic acids is 2. The van der Waals surface area contributed by atoms with Crippen molar-refractivity contribution in [3.63, 3.8) is 0 Å². The monoisotopic (exact) mass is 233 g/mol. The summed E-state index contributed by atoms with van der Waals surface area (Å²) in [7, 11) is 0. The van der Waals surface area contributed by atoms with E-state index in [4.69, 9.17) is 5.73 Å². The third-order valence-electron chi connectivity index (χ3n) is 2.90. The molecule has 2 rings (SSSR count). The smallest absolute Gasteiger partial charge is 0.229 e. The maximum atomic E-state index is 11.8. The lowest BCUT2D eigenvalue weighted by molar-refractivity contribution is -0.150. The largest absolute Gasteiger partial charge is 0.383 e. The van der Waals surface area contributed by atoms with Crippen LogP contribution in [-0.4, -0.2) is 21.7 Å². The average Bonchev–Trinajstić information content (AvgIpc) is 2.25. The molecule has 1 aromatic rings. The van der Waals surface area contributed by atoms with Gasteiger partial charge >= 0.3 is 0 Å². The third kappa shape index (κ3) is 2.43. The van der Waals surface area contributed by atoms with Gasteiger partial charge in [0.15, 0.2) is 0 Å². The van der Waals surface area contributed by atoms with Crippen molar-refractivity contribution in [3.05, 3.63) is 23.9 Å². The Balaban J connectivity index is 2.16. The van der Waals surface area contributed by atoms with Gasteiger partial charge in [-0.15, -0.1) is 0 Å². The van der Waals surface area contributed by atoms with Gasteiger partial charge in [0.1, 0.15) is 5.82 Å². The minimum absolute atomic E-state index is 0.128. The van der Waals surface area contributed by atoms with E-state index >= 15 is 0 Å². The van der Waals surface area contributed by atoms with Gasteiger partial charge in [-0.3, -0.25) is 14.5 Å². The molecule has 0 aromatic carbocycles. The molecule has 1 aromatic heterocycles. The molecule has 0 unspecified atom stereocenters. The van der Waals surface area contributed by atoms with Crippen LogP contribution in [0, 0.1) is 5.92 Å². The second-order valence-electron chi connectivity index (χ2n) is 4.43. The molecule has 1 fully saturated rings. The first kappa shape index (κ1) is 11.6. The van der Waals surface area contributed by atoms with E-state index in [1.807, 2.05) is 6.92 Å². The molecule has 5 nitrogen and oxygen atoms in total. The van der Waals surface area contributed by atoms with Gasteiger partial charge in [0.2, 0.25) is 11.8 Å². The summed E-state index contributed by atoms with van der Waals surface area (Å²) in [5.41, 5.74) is 6.41. The Bertz CT molecular complexity index is 441. The predicted molar refractivity (Wildman–Crippen MR) is 62.6 cm³/mol. The zero-order chi connectivity index (χ0) is 12.4. The standard InChI is InChI=1S/C12H15N3O2/c1-8-5-10(16)15(11(17)6-8)7-9-3-2-4-14-12(9)13/h2-4,8H,5-7H2,1H3,(H2,13,14). The molecule has 2 amide bonds. The maximum Gasteiger partial charge on any atom is 0.229 e. The number of hydrogen-bond acceptors (Lipinski definition) is 4. The zero-order valence-corrected chi connectivity index (χ0v) is 9.72. The number of pyridine rings is 1. The first-order valence-corrected chi connectivity index (χ1v) is 5.60. The minimum Gasteiger partial charge on any atom is -0.383 e. The van der Waals surface area contributed by atoms with Crippen LogP contribution >= 0.6 is 0 Å². The molecule has 0 atom stereocenters. The summed E-state index contributed by atoms with van der Waals surface area (Å²) in [4.78, 5) is 28.8. The van der Waals surface area contributed by atoms with Crippen LogP contribution in [0.5, 0.6) is 0 Å². The lowest BCUT2D eigenvalue weighted by Gasteiger charge is -2.28. The summed E-state index contributed by atoms with van der Waals surface area (Å²) in [6.07, 6.45) is 2.43. The van der Waals surface area contributed by atoms with Gasteiger partial charge in [-0.1, -0.05) is 13.0 Å². The SMILES string of the molecule is CC1CC(=O)N(Cc2cccnc2N)C(=O)C1. The Morgan fingerprint density at radius 2 is 2.06 bits per heavy atom. The highest BCUT2D eigenvalue weighted by atomic mass is 16.2. The molecule has 1 aliphatic rings. The number of imide groups is 1. The summed E-state index contributed by atoms with van der Waals surface area (Å²) in [5, 5.41) is 0. The summed E-state index contributed by atoms with van der Waals surface area (Å²) in [6.45, 7) is 2.13. The number of nitrogens with zero attached hydrogens (tertiary/aromatic N) is 2. The fourth-order valence-corrected chi connectivity index (χ4v) is 1.96. The number of likely N-dealkylation sites (tertiary alicyclic amines) is 1. The molecule has 0 saturated carbocycles. The molecule has 0 bridgehead atoms. The number of anilines is 1. The molecule has 2 N–H and O–H groups in total. The number of nitrogen functional groups attached to an aromatic ring is 1. The van der Waals surface area contributed by atoms with E-state index in [2.05, 4.69) is 4.98 Å². The van der Waals surface area contributed by atoms with Crippen molar-refractivity contribution in [3.8, 4) is 0 Å². The molecular formula is C12H15N3O2. The maximum absolute atomic E-state index is 11.8. The van der Waals surface area contributed by atoms with Crippen molar-refractivity contribution in [1.82, 2.24) is 9.88 Å². The lowest BCUT2D eigenvalue weighted by atomic mass is 9.97. The first-order valence-electron chi connectivity index (χ1n) is 5.60. The third-order valence-corrected chi connectivity index (χ3v) is 2.90. The summed E-state index contributed by atoms with van der Waals surface area (Å²) < 4.78 is 0. The first-order chi connectivity index (χ1) is 8.08. The van der Waals surface area contributed by atoms with E-state index < -0.39 is 0 Å². The fraction of sp³-hybridized carbons (Fsp3) is 0.417. The highest BCUT2D eigenvalue weighted by Crippen LogP contribution is 2.21. The van der Waals surface area contributed by atoms with E-state index in [0.29, 0.717) is 24.2 Å². The van der Waals surface area contributed by atoms with Crippen molar-refractivity contribution >= 4 is 17.6 Å². The van der Waals surface area contributed by atoms with Gasteiger partial charge < -0.3 is 5.73 Å². The van der Waals surface area contributed by atoms with Crippen LogP contribution in [0.4, 0.5) is 5.82 Å². The second-order valence-corrected chi connectivity index (χ2v) is 4.43. The number of rotatable bonds is 2. The fourth-order valence-electron chi connectivity index (χ4n) is 1.96. The summed E-state index contributed by atoms with van der Waals surface area (Å²) in [5.74, 6) is 0.248. The van der Waals surface area contributed by atoms with Gasteiger partial charge in [0.05, 0.1) is 6.54 Å². The topological polar surface area (TPSA) is 76.3 Å². The lowest BCUT2D eigenvalue weighted by Crippen LogP contribution is -2.42. The van der Waals surface area contributed by atoms with Gasteiger partial charge in [0, 0.05) is 24.6 Å². The predicted octanol–water partition coefficient (Wildman–Crippen LogP) is 0.949. The molecule has 0 spiro atoms. The Morgan fingerprint density at radius 1 is 1.41 bits per heavy atom. The zero-order valence-electron chi connectivity index (χ0n) is 9.72. The van der Waals surface area contributed by atoms with Gasteiger partial charge in [-0.25, -0.2) is 4.98 Å². The molecule has 90 valence electrons. The highest BCUT2D eigenvalue weighted by molar-refractivity contribution is 5.97. The summed E-state index contributed by atoms with van der Waals surface area (Å²) in [6, 6.07) is 3.52. The van der Waals surface area contributed by atoms with E-state index in [9.17, 15) is 9.59 Å². The number of amides is 2. The highest BCUT2D eigenvalue weighted by Gasteiger charge is 2.30. The molecule has 17 heavy (non-hydrogen) atoms. The van der Waals surface area contributed by atoms with E-state index in [1.54, 1.807) is 18.3 Å². The van der Waals surface area contributed by atoms with Gasteiger partial charge in [-0.2, -0.15) is 0 Å². The van der Waals surface area contributed by atoms with E-state index in [1.165, 1.54) is 4.90 Å². The number of piperidine rings is 1. The molecule has 1 saturated heterocycles. The van der Waals surface area contributed by atoms with Crippen molar-refractivity contribution in [2.24, 2.45) is 5.92 Å². The van der Waals surface area contributed by atoms with Crippen LogP contribution < -0.4 is 5.73 Å². The molecule has 2 heterocycles. The van der Waals surface area contributed by atoms with Gasteiger partial charge in [-0.05, 0) is 12.0 Å². The van der Waals surface area contributed by atoms with Crippen LogP contribution in [0.3, 0.4) is 0 Å². The van der Waals surface area contributed by atoms with E-state index in [-0.39, 0.29) is 24.3 Å². The molecule has 5 heteroatoms. The summed E-state index contributed by atoms with van der Waals surface area (Å²) >= 11 is 0. The Kier molecular flexibility index (Phi) is 3.08. The number of hydrogen-bond donors (Lipinski definition) is 1. The van der Waals surface area contributed by atoms with Crippen LogP contribution in [0.1, 0.15) is 25.3 Å². The normalized spacial score (nSPS) is 17.6. The second kappa shape index (κ2) is 4.53. The Morgan fingerprint density at radius 3 is 2.65 bits per heavy atom. The quantitative estimate of drug-likeness (QED) is 0.771. The van der Waals surface area contributed by atoms with Gasteiger partial charge in [0.25, 0.3) is 0 Å². The van der Waals surface area contributed by atoms with Crippen LogP contribution in [0.25, 0.3) is 0 Å². The van der Waals surface area contributed by atoms with Crippen molar-refractivity contribution in [2.75, 3.05) is 5.73 Å². The molecule has 0 radical (unpaired) electrons. The number of aromatic nitrogens is 1. The van der Waals surface area contributed by atoms with Crippen LogP contribution in [0.15, 0.2) is 18.3 Å². The van der Waals surface area contributed by atoms with Crippen molar-refractivity contribution in [1.29, 1.82) is 0 Å². The average molecular weight is 233 g/mol. The van der Waals surface area contributed by atoms with E-state index in [0.717, 1.165) is 0 Å². The minimum atomic E-state index is -0.128. The molecular weight excluding hydrogens is 218 g/mol. The van der Waals surface area contributed by atoms with Crippen LogP contribution in [-0.2, 0) is 16.1 Å². The Labute approximate surface area is 99.6 Å². The number of nitrogens with two attached hydrogens (primary N) is 1.